The Morgan fingerprint density at radius 1 is 1.53 bits per heavy atom. The number of nitrogens with one attached hydrogen (secondary N) is 1. The monoisotopic (exact) mass is 270 g/mol. The van der Waals surface area contributed by atoms with Gasteiger partial charge in [0.2, 0.25) is 0 Å². The van der Waals surface area contributed by atoms with Crippen molar-refractivity contribution in [1.82, 2.24) is 10.2 Å². The van der Waals surface area contributed by atoms with Crippen molar-refractivity contribution in [3.05, 3.63) is 0 Å². The summed E-state index contributed by atoms with van der Waals surface area (Å²) in [6.45, 7) is 9.14. The van der Waals surface area contributed by atoms with E-state index in [0.29, 0.717) is 12.5 Å². The Hall–Kier alpha value is -0.610. The van der Waals surface area contributed by atoms with Gasteiger partial charge < -0.3 is 15.0 Å². The van der Waals surface area contributed by atoms with E-state index in [9.17, 15) is 4.79 Å². The van der Waals surface area contributed by atoms with Gasteiger partial charge in [-0.1, -0.05) is 6.92 Å². The fourth-order valence-electron chi connectivity index (χ4n) is 2.85. The van der Waals surface area contributed by atoms with Crippen molar-refractivity contribution in [2.24, 2.45) is 5.92 Å². The first-order valence-electron chi connectivity index (χ1n) is 7.70. The average molecular weight is 270 g/mol. The Morgan fingerprint density at radius 2 is 2.32 bits per heavy atom. The van der Waals surface area contributed by atoms with E-state index in [4.69, 9.17) is 0 Å². The molecule has 1 aliphatic heterocycles. The lowest BCUT2D eigenvalue weighted by Gasteiger charge is -2.36. The van der Waals surface area contributed by atoms with Gasteiger partial charge in [-0.15, -0.1) is 0 Å². The van der Waals surface area contributed by atoms with Crippen molar-refractivity contribution in [1.29, 1.82) is 0 Å². The molecule has 0 aliphatic carbocycles. The Labute approximate surface area is 117 Å². The van der Waals surface area contributed by atoms with Gasteiger partial charge in [0.25, 0.3) is 0 Å². The maximum absolute atomic E-state index is 11.0. The summed E-state index contributed by atoms with van der Waals surface area (Å²) in [6.07, 6.45) is 5.27. The molecular formula is C15H30N2O2. The zero-order valence-corrected chi connectivity index (χ0v) is 12.8. The molecule has 0 spiro atoms. The highest BCUT2D eigenvalue weighted by atomic mass is 16.5. The van der Waals surface area contributed by atoms with Gasteiger partial charge in [-0.3, -0.25) is 4.79 Å². The van der Waals surface area contributed by atoms with Crippen LogP contribution in [0.5, 0.6) is 0 Å². The molecular weight excluding hydrogens is 240 g/mol. The van der Waals surface area contributed by atoms with Crippen LogP contribution in [0.3, 0.4) is 0 Å². The molecule has 0 bridgehead atoms. The van der Waals surface area contributed by atoms with Crippen molar-refractivity contribution >= 4 is 5.97 Å². The highest BCUT2D eigenvalue weighted by Crippen LogP contribution is 2.19. The van der Waals surface area contributed by atoms with Crippen LogP contribution in [-0.4, -0.2) is 50.2 Å². The summed E-state index contributed by atoms with van der Waals surface area (Å²) in [6, 6.07) is 0.539. The first-order chi connectivity index (χ1) is 9.17. The van der Waals surface area contributed by atoms with Crippen LogP contribution in [0.2, 0.25) is 0 Å². The van der Waals surface area contributed by atoms with Crippen molar-refractivity contribution < 1.29 is 9.53 Å². The molecule has 0 aromatic heterocycles. The van der Waals surface area contributed by atoms with Crippen molar-refractivity contribution in [3.8, 4) is 0 Å². The minimum absolute atomic E-state index is 0.110. The summed E-state index contributed by atoms with van der Waals surface area (Å²) < 4.78 is 4.64. The normalized spacial score (nSPS) is 22.2. The van der Waals surface area contributed by atoms with Crippen LogP contribution in [0.15, 0.2) is 0 Å². The molecule has 0 saturated carbocycles. The zero-order chi connectivity index (χ0) is 14.1. The van der Waals surface area contributed by atoms with Crippen LogP contribution < -0.4 is 5.32 Å². The van der Waals surface area contributed by atoms with E-state index in [1.54, 1.807) is 0 Å². The number of likely N-dealkylation sites (tertiary alicyclic amines) is 1. The molecule has 0 aromatic carbocycles. The van der Waals surface area contributed by atoms with E-state index in [-0.39, 0.29) is 5.97 Å². The van der Waals surface area contributed by atoms with Crippen LogP contribution in [0, 0.1) is 5.92 Å². The van der Waals surface area contributed by atoms with Gasteiger partial charge in [0.15, 0.2) is 0 Å². The lowest BCUT2D eigenvalue weighted by Crippen LogP contribution is -2.44. The summed E-state index contributed by atoms with van der Waals surface area (Å²) >= 11 is 0. The van der Waals surface area contributed by atoms with Gasteiger partial charge in [-0.25, -0.2) is 0 Å². The molecule has 2 atom stereocenters. The Balaban J connectivity index is 2.17. The van der Waals surface area contributed by atoms with E-state index in [1.165, 1.54) is 46.0 Å². The number of carbonyl (C=O) groups excluding carboxylic acids is 1. The number of carbonyl (C=O) groups is 1. The summed E-state index contributed by atoms with van der Waals surface area (Å²) in [7, 11) is 1.45. The molecule has 19 heavy (non-hydrogen) atoms. The third-order valence-corrected chi connectivity index (χ3v) is 4.04. The van der Waals surface area contributed by atoms with E-state index in [0.717, 1.165) is 18.9 Å². The minimum atomic E-state index is -0.110. The fraction of sp³-hybridized carbons (Fsp3) is 0.933. The molecule has 1 heterocycles. The first-order valence-corrected chi connectivity index (χ1v) is 7.70. The lowest BCUT2D eigenvalue weighted by atomic mass is 9.91. The summed E-state index contributed by atoms with van der Waals surface area (Å²) in [5.74, 6) is 0.639. The van der Waals surface area contributed by atoms with Crippen molar-refractivity contribution in [3.63, 3.8) is 0 Å². The minimum Gasteiger partial charge on any atom is -0.469 e. The van der Waals surface area contributed by atoms with Crippen LogP contribution in [-0.2, 0) is 9.53 Å². The molecule has 112 valence electrons. The Bertz CT molecular complexity index is 257. The SMILES string of the molecule is CCCN1CCCC(C(C)NCCCC(=O)OC)C1. The second-order valence-corrected chi connectivity index (χ2v) is 5.63. The molecule has 1 aliphatic rings. The highest BCUT2D eigenvalue weighted by molar-refractivity contribution is 5.69. The van der Waals surface area contributed by atoms with Crippen LogP contribution in [0.25, 0.3) is 0 Å². The van der Waals surface area contributed by atoms with Gasteiger partial charge in [0, 0.05) is 19.0 Å². The number of hydrogen-bond acceptors (Lipinski definition) is 4. The number of hydrogen-bond donors (Lipinski definition) is 1. The van der Waals surface area contributed by atoms with Crippen LogP contribution in [0.4, 0.5) is 0 Å². The maximum atomic E-state index is 11.0. The highest BCUT2D eigenvalue weighted by Gasteiger charge is 2.23. The molecule has 2 unspecified atom stereocenters. The second kappa shape index (κ2) is 9.32. The molecule has 0 amide bonds. The van der Waals surface area contributed by atoms with E-state index in [1.807, 2.05) is 0 Å². The molecule has 1 saturated heterocycles. The van der Waals surface area contributed by atoms with Gasteiger partial charge in [-0.05, 0) is 58.2 Å². The van der Waals surface area contributed by atoms with E-state index >= 15 is 0 Å². The summed E-state index contributed by atoms with van der Waals surface area (Å²) in [5, 5.41) is 3.56. The summed E-state index contributed by atoms with van der Waals surface area (Å²) in [4.78, 5) is 13.6. The topological polar surface area (TPSA) is 41.6 Å². The predicted octanol–water partition coefficient (Wildman–Crippen LogP) is 2.04. The zero-order valence-electron chi connectivity index (χ0n) is 12.8. The molecule has 1 N–H and O–H groups in total. The lowest BCUT2D eigenvalue weighted by molar-refractivity contribution is -0.140. The average Bonchev–Trinajstić information content (AvgIpc) is 2.43. The third kappa shape index (κ3) is 6.39. The number of rotatable bonds is 8. The van der Waals surface area contributed by atoms with Crippen molar-refractivity contribution in [2.45, 2.75) is 52.0 Å². The van der Waals surface area contributed by atoms with Crippen LogP contribution in [0.1, 0.15) is 46.0 Å². The van der Waals surface area contributed by atoms with Crippen LogP contribution >= 0.6 is 0 Å². The number of piperidine rings is 1. The van der Waals surface area contributed by atoms with E-state index < -0.39 is 0 Å². The standard InChI is InChI=1S/C15H30N2O2/c1-4-10-17-11-6-7-14(12-17)13(2)16-9-5-8-15(18)19-3/h13-14,16H,4-12H2,1-3H3. The quantitative estimate of drug-likeness (QED) is 0.541. The smallest absolute Gasteiger partial charge is 0.305 e. The maximum Gasteiger partial charge on any atom is 0.305 e. The first kappa shape index (κ1) is 16.4. The molecule has 0 radical (unpaired) electrons. The largest absolute Gasteiger partial charge is 0.469 e. The molecule has 1 rings (SSSR count). The number of ether oxygens (including phenoxy) is 1. The second-order valence-electron chi connectivity index (χ2n) is 5.63. The Morgan fingerprint density at radius 3 is 3.00 bits per heavy atom. The molecule has 4 heteroatoms. The fourth-order valence-corrected chi connectivity index (χ4v) is 2.85. The van der Waals surface area contributed by atoms with Gasteiger partial charge in [0.1, 0.15) is 0 Å². The van der Waals surface area contributed by atoms with E-state index in [2.05, 4.69) is 28.8 Å². The number of nitrogens with zero attached hydrogens (tertiary/aromatic N) is 1. The number of esters is 1. The van der Waals surface area contributed by atoms with Crippen molar-refractivity contribution in [2.75, 3.05) is 33.3 Å². The predicted molar refractivity (Wildman–Crippen MR) is 78.2 cm³/mol. The molecule has 0 aromatic rings. The van der Waals surface area contributed by atoms with Gasteiger partial charge >= 0.3 is 5.97 Å². The summed E-state index contributed by atoms with van der Waals surface area (Å²) in [5.41, 5.74) is 0. The molecule has 1 fully saturated rings. The Kier molecular flexibility index (Phi) is 8.07. The molecule has 4 nitrogen and oxygen atoms in total. The number of methoxy groups -OCH3 is 1. The van der Waals surface area contributed by atoms with Gasteiger partial charge in [-0.2, -0.15) is 0 Å². The van der Waals surface area contributed by atoms with Gasteiger partial charge in [0.05, 0.1) is 7.11 Å². The third-order valence-electron chi connectivity index (χ3n) is 4.04.